The highest BCUT2D eigenvalue weighted by atomic mass is 16.6. The van der Waals surface area contributed by atoms with Crippen molar-refractivity contribution >= 4 is 35.9 Å². The highest BCUT2D eigenvalue weighted by Crippen LogP contribution is 2.35. The number of nitrogens with one attached hydrogen (secondary N) is 4. The summed E-state index contributed by atoms with van der Waals surface area (Å²) < 4.78 is 16.1. The van der Waals surface area contributed by atoms with E-state index in [1.807, 2.05) is 60.7 Å². The Morgan fingerprint density at radius 2 is 1.33 bits per heavy atom. The Kier molecular flexibility index (Phi) is 14.1. The zero-order chi connectivity index (χ0) is 39.6. The molecule has 0 saturated carbocycles. The Labute approximate surface area is 317 Å². The first-order valence-electron chi connectivity index (χ1n) is 18.6. The summed E-state index contributed by atoms with van der Waals surface area (Å²) in [4.78, 5) is 81.5. The van der Waals surface area contributed by atoms with E-state index in [2.05, 4.69) is 21.3 Å². The molecule has 14 heteroatoms. The summed E-state index contributed by atoms with van der Waals surface area (Å²) >= 11 is 0. The predicted molar refractivity (Wildman–Crippen MR) is 200 cm³/mol. The topological polar surface area (TPSA) is 181 Å². The summed E-state index contributed by atoms with van der Waals surface area (Å²) in [6, 6.07) is 15.3. The van der Waals surface area contributed by atoms with Crippen molar-refractivity contribution in [3.63, 3.8) is 0 Å². The van der Waals surface area contributed by atoms with Crippen molar-refractivity contribution in [1.29, 1.82) is 0 Å². The molecule has 4 rings (SSSR count). The summed E-state index contributed by atoms with van der Waals surface area (Å²) in [5, 5.41) is 10.9. The van der Waals surface area contributed by atoms with Gasteiger partial charge in [0.15, 0.2) is 0 Å². The van der Waals surface area contributed by atoms with Gasteiger partial charge in [0.2, 0.25) is 17.7 Å². The molecule has 54 heavy (non-hydrogen) atoms. The van der Waals surface area contributed by atoms with Crippen LogP contribution in [0.4, 0.5) is 9.59 Å². The van der Waals surface area contributed by atoms with Gasteiger partial charge < -0.3 is 40.4 Å². The molecule has 5 atom stereocenters. The van der Waals surface area contributed by atoms with Crippen molar-refractivity contribution in [2.75, 3.05) is 13.2 Å². The van der Waals surface area contributed by atoms with E-state index in [4.69, 9.17) is 14.2 Å². The number of rotatable bonds is 12. The Morgan fingerprint density at radius 3 is 1.89 bits per heavy atom. The van der Waals surface area contributed by atoms with E-state index >= 15 is 0 Å². The first kappa shape index (κ1) is 41.6. The molecule has 2 aromatic carbocycles. The van der Waals surface area contributed by atoms with Crippen LogP contribution in [-0.2, 0) is 33.4 Å². The second kappa shape index (κ2) is 18.3. The molecule has 0 radical (unpaired) electrons. The highest BCUT2D eigenvalue weighted by Gasteiger charge is 2.48. The molecule has 2 aliphatic heterocycles. The number of alkyl carbamates (subject to hydrolysis) is 2. The molecule has 294 valence electrons. The SMILES string of the molecule is CC[C@H](NC(=O)OC(C)(C)C)C(=O)N[C@@H]1C(=O)N2[C@@H](CC[C@@H]1COC(=O)CNC(=O)OC(C)(C)C)CC[C@H]2C(=O)NC(c1ccccc1)c1ccccc1. The molecule has 0 unspecified atom stereocenters. The molecule has 2 aliphatic rings. The zero-order valence-corrected chi connectivity index (χ0v) is 32.3. The number of benzene rings is 2. The lowest BCUT2D eigenvalue weighted by Gasteiger charge is -2.33. The van der Waals surface area contributed by atoms with Gasteiger partial charge in [-0.1, -0.05) is 67.6 Å². The summed E-state index contributed by atoms with van der Waals surface area (Å²) in [5.74, 6) is -2.88. The monoisotopic (exact) mass is 749 g/mol. The van der Waals surface area contributed by atoms with E-state index in [-0.39, 0.29) is 25.0 Å². The van der Waals surface area contributed by atoms with Crippen molar-refractivity contribution < 1.29 is 43.0 Å². The maximum Gasteiger partial charge on any atom is 0.408 e. The third-order valence-electron chi connectivity index (χ3n) is 9.17. The molecule has 0 spiro atoms. The quantitative estimate of drug-likeness (QED) is 0.179. The number of amides is 5. The van der Waals surface area contributed by atoms with Crippen LogP contribution in [0.5, 0.6) is 0 Å². The minimum absolute atomic E-state index is 0.194. The number of esters is 1. The number of carbonyl (C=O) groups excluding carboxylic acids is 6. The van der Waals surface area contributed by atoms with Crippen LogP contribution in [0.15, 0.2) is 60.7 Å². The lowest BCUT2D eigenvalue weighted by Crippen LogP contribution is -2.59. The fourth-order valence-electron chi connectivity index (χ4n) is 6.71. The van der Waals surface area contributed by atoms with E-state index < -0.39 is 77.8 Å². The van der Waals surface area contributed by atoms with Gasteiger partial charge in [0.25, 0.3) is 0 Å². The minimum Gasteiger partial charge on any atom is -0.464 e. The molecule has 2 aromatic rings. The molecule has 14 nitrogen and oxygen atoms in total. The van der Waals surface area contributed by atoms with Gasteiger partial charge >= 0.3 is 18.2 Å². The Balaban J connectivity index is 1.56. The molecule has 0 aromatic heterocycles. The second-order valence-corrected chi connectivity index (χ2v) is 15.7. The zero-order valence-electron chi connectivity index (χ0n) is 32.3. The van der Waals surface area contributed by atoms with E-state index in [1.54, 1.807) is 53.4 Å². The number of hydrogen-bond acceptors (Lipinski definition) is 9. The lowest BCUT2D eigenvalue weighted by atomic mass is 9.93. The van der Waals surface area contributed by atoms with Crippen LogP contribution in [0.3, 0.4) is 0 Å². The van der Waals surface area contributed by atoms with Crippen LogP contribution in [0.25, 0.3) is 0 Å². The normalized spacial score (nSPS) is 20.5. The third kappa shape index (κ3) is 11.9. The van der Waals surface area contributed by atoms with Crippen LogP contribution < -0.4 is 21.3 Å². The first-order valence-corrected chi connectivity index (χ1v) is 18.6. The van der Waals surface area contributed by atoms with Crippen molar-refractivity contribution in [3.8, 4) is 0 Å². The van der Waals surface area contributed by atoms with Crippen molar-refractivity contribution in [2.45, 2.75) is 122 Å². The average molecular weight is 750 g/mol. The minimum atomic E-state index is -1.20. The predicted octanol–water partition coefficient (Wildman–Crippen LogP) is 4.52. The van der Waals surface area contributed by atoms with Gasteiger partial charge in [0, 0.05) is 12.0 Å². The summed E-state index contributed by atoms with van der Waals surface area (Å²) in [6.45, 7) is 11.2. The van der Waals surface area contributed by atoms with Gasteiger partial charge in [-0.15, -0.1) is 0 Å². The second-order valence-electron chi connectivity index (χ2n) is 15.7. The third-order valence-corrected chi connectivity index (χ3v) is 9.17. The van der Waals surface area contributed by atoms with Gasteiger partial charge in [0.1, 0.15) is 35.9 Å². The van der Waals surface area contributed by atoms with Crippen LogP contribution in [0.1, 0.15) is 97.7 Å². The molecule has 2 fully saturated rings. The van der Waals surface area contributed by atoms with Gasteiger partial charge in [0.05, 0.1) is 12.6 Å². The number of hydrogen-bond donors (Lipinski definition) is 4. The smallest absolute Gasteiger partial charge is 0.408 e. The fourth-order valence-corrected chi connectivity index (χ4v) is 6.71. The molecule has 5 amide bonds. The summed E-state index contributed by atoms with van der Waals surface area (Å²) in [6.07, 6.45) is 0.481. The fraction of sp³-hybridized carbons (Fsp3) is 0.550. The first-order chi connectivity index (χ1) is 25.5. The van der Waals surface area contributed by atoms with Gasteiger partial charge in [-0.05, 0) is 84.8 Å². The van der Waals surface area contributed by atoms with Crippen LogP contribution in [0, 0.1) is 5.92 Å². The van der Waals surface area contributed by atoms with E-state index in [9.17, 15) is 28.8 Å². The lowest BCUT2D eigenvalue weighted by molar-refractivity contribution is -0.148. The number of ether oxygens (including phenoxy) is 3. The Morgan fingerprint density at radius 1 is 0.778 bits per heavy atom. The van der Waals surface area contributed by atoms with E-state index in [0.717, 1.165) is 11.1 Å². The maximum absolute atomic E-state index is 14.6. The molecular formula is C40H55N5O9. The molecule has 0 bridgehead atoms. The summed E-state index contributed by atoms with van der Waals surface area (Å²) in [5.41, 5.74) is 0.195. The Hall–Kier alpha value is -5.14. The van der Waals surface area contributed by atoms with Crippen molar-refractivity contribution in [2.24, 2.45) is 5.92 Å². The van der Waals surface area contributed by atoms with E-state index in [0.29, 0.717) is 25.7 Å². The maximum atomic E-state index is 14.6. The Bertz CT molecular complexity index is 1580. The van der Waals surface area contributed by atoms with Gasteiger partial charge in [-0.2, -0.15) is 0 Å². The molecule has 0 aliphatic carbocycles. The molecule has 4 N–H and O–H groups in total. The van der Waals surface area contributed by atoms with Crippen molar-refractivity contribution in [1.82, 2.24) is 26.2 Å². The van der Waals surface area contributed by atoms with Gasteiger partial charge in [-0.25, -0.2) is 9.59 Å². The summed E-state index contributed by atoms with van der Waals surface area (Å²) in [7, 11) is 0. The largest absolute Gasteiger partial charge is 0.464 e. The number of fused-ring (bicyclic) bond motifs is 1. The van der Waals surface area contributed by atoms with Crippen LogP contribution >= 0.6 is 0 Å². The highest BCUT2D eigenvalue weighted by molar-refractivity contribution is 5.95. The van der Waals surface area contributed by atoms with Gasteiger partial charge in [-0.3, -0.25) is 19.2 Å². The number of carbonyl (C=O) groups is 6. The standard InChI is InChI=1S/C40H55N5O9/c1-8-29(42-38(51)54-40(5,6)7)34(47)44-33-27(24-52-31(46)23-41-37(50)53-39(2,3)4)19-20-28-21-22-30(45(28)36(33)49)35(48)43-32(25-15-11-9-12-16-25)26-17-13-10-14-18-26/h9-18,27-30,32-33H,8,19-24H2,1-7H3,(H,41,50)(H,42,51)(H,43,48)(H,44,47)/t27-,28+,29+,30+,33+/m1/s1. The van der Waals surface area contributed by atoms with E-state index in [1.165, 1.54) is 0 Å². The van der Waals surface area contributed by atoms with Crippen molar-refractivity contribution in [3.05, 3.63) is 71.8 Å². The van der Waals surface area contributed by atoms with Crippen LogP contribution in [-0.4, -0.2) is 89.3 Å². The molecule has 2 heterocycles. The molecular weight excluding hydrogens is 694 g/mol. The average Bonchev–Trinajstić information content (AvgIpc) is 3.49. The number of nitrogens with zero attached hydrogens (tertiary/aromatic N) is 1. The molecule has 2 saturated heterocycles. The van der Waals surface area contributed by atoms with Crippen LogP contribution in [0.2, 0.25) is 0 Å².